The Kier molecular flexibility index (Phi) is 7.10. The summed E-state index contributed by atoms with van der Waals surface area (Å²) >= 11 is 0. The number of hydrogen-bond donors (Lipinski definition) is 2. The van der Waals surface area contributed by atoms with Crippen molar-refractivity contribution < 1.29 is 27.8 Å². The normalized spacial score (nSPS) is 10.2. The minimum absolute atomic E-state index is 0.181. The molecule has 0 saturated heterocycles. The van der Waals surface area contributed by atoms with Gasteiger partial charge in [-0.15, -0.1) is 0 Å². The molecule has 27 heavy (non-hydrogen) atoms. The number of hydrogen-bond acceptors (Lipinski definition) is 4. The van der Waals surface area contributed by atoms with Crippen molar-refractivity contribution in [2.24, 2.45) is 0 Å². The van der Waals surface area contributed by atoms with Crippen LogP contribution in [0, 0.1) is 11.6 Å². The van der Waals surface area contributed by atoms with E-state index >= 15 is 0 Å². The Hall–Kier alpha value is -3.16. The summed E-state index contributed by atoms with van der Waals surface area (Å²) in [5, 5.41) is 4.84. The van der Waals surface area contributed by atoms with Crippen molar-refractivity contribution in [3.63, 3.8) is 0 Å². The van der Waals surface area contributed by atoms with Crippen molar-refractivity contribution in [1.29, 1.82) is 0 Å². The van der Waals surface area contributed by atoms with Gasteiger partial charge in [0, 0.05) is 12.6 Å². The molecule has 0 bridgehead atoms. The first-order chi connectivity index (χ1) is 12.9. The molecular formula is C19H20F2N2O4. The number of ether oxygens (including phenoxy) is 2. The monoisotopic (exact) mass is 378 g/mol. The van der Waals surface area contributed by atoms with E-state index in [4.69, 9.17) is 9.47 Å². The van der Waals surface area contributed by atoms with Gasteiger partial charge < -0.3 is 20.1 Å². The van der Waals surface area contributed by atoms with Gasteiger partial charge in [-0.05, 0) is 36.2 Å². The number of halogens is 2. The first-order valence-electron chi connectivity index (χ1n) is 8.15. The van der Waals surface area contributed by atoms with Crippen molar-refractivity contribution in [3.05, 3.63) is 53.6 Å². The Labute approximate surface area is 155 Å². The molecule has 0 spiro atoms. The predicted octanol–water partition coefficient (Wildman–Crippen LogP) is 2.67. The maximum absolute atomic E-state index is 13.5. The number of anilines is 1. The summed E-state index contributed by atoms with van der Waals surface area (Å²) in [6.45, 7) is 0.312. The Bertz CT molecular complexity index is 827. The number of benzene rings is 2. The zero-order valence-corrected chi connectivity index (χ0v) is 15.0. The molecule has 0 heterocycles. The van der Waals surface area contributed by atoms with Gasteiger partial charge in [0.25, 0.3) is 0 Å². The van der Waals surface area contributed by atoms with Crippen LogP contribution in [0.3, 0.4) is 0 Å². The van der Waals surface area contributed by atoms with E-state index in [0.717, 1.165) is 17.7 Å². The molecule has 2 aromatic rings. The molecule has 6 nitrogen and oxygen atoms in total. The Balaban J connectivity index is 1.79. The molecule has 0 aliphatic carbocycles. The first-order valence-corrected chi connectivity index (χ1v) is 8.15. The lowest BCUT2D eigenvalue weighted by Gasteiger charge is -2.10. The number of nitrogens with one attached hydrogen (secondary N) is 2. The topological polar surface area (TPSA) is 76.7 Å². The molecule has 0 atom stereocenters. The zero-order valence-electron chi connectivity index (χ0n) is 15.0. The molecule has 2 rings (SSSR count). The molecule has 0 aliphatic heterocycles. The van der Waals surface area contributed by atoms with E-state index < -0.39 is 29.9 Å². The van der Waals surface area contributed by atoms with Crippen molar-refractivity contribution in [3.8, 4) is 11.5 Å². The summed E-state index contributed by atoms with van der Waals surface area (Å²) in [5.74, 6) is -1.66. The van der Waals surface area contributed by atoms with E-state index in [1.54, 1.807) is 19.2 Å². The lowest BCUT2D eigenvalue weighted by atomic mass is 10.1. The van der Waals surface area contributed by atoms with Gasteiger partial charge in [0.1, 0.15) is 18.1 Å². The quantitative estimate of drug-likeness (QED) is 0.693. The molecule has 0 aromatic heterocycles. The van der Waals surface area contributed by atoms with E-state index in [0.29, 0.717) is 30.5 Å². The second kappa shape index (κ2) is 9.51. The van der Waals surface area contributed by atoms with Crippen molar-refractivity contribution in [2.75, 3.05) is 26.1 Å². The molecule has 0 fully saturated rings. The van der Waals surface area contributed by atoms with Crippen LogP contribution in [0.1, 0.15) is 12.0 Å². The predicted molar refractivity (Wildman–Crippen MR) is 95.9 cm³/mol. The van der Waals surface area contributed by atoms with E-state index in [9.17, 15) is 18.4 Å². The SMILES string of the molecule is COc1ccc(CCNC(=O)CC(=O)Nc2ccc(F)cc2F)cc1OC. The summed E-state index contributed by atoms with van der Waals surface area (Å²) in [5.41, 5.74) is 0.741. The smallest absolute Gasteiger partial charge is 0.233 e. The lowest BCUT2D eigenvalue weighted by molar-refractivity contribution is -0.126. The molecule has 0 aliphatic rings. The molecule has 2 aromatic carbocycles. The third kappa shape index (κ3) is 5.95. The maximum Gasteiger partial charge on any atom is 0.233 e. The fourth-order valence-electron chi connectivity index (χ4n) is 2.38. The molecular weight excluding hydrogens is 358 g/mol. The van der Waals surface area contributed by atoms with E-state index in [-0.39, 0.29) is 5.69 Å². The van der Waals surface area contributed by atoms with Crippen LogP contribution in [0.2, 0.25) is 0 Å². The van der Waals surface area contributed by atoms with Crippen LogP contribution in [0.15, 0.2) is 36.4 Å². The zero-order chi connectivity index (χ0) is 19.8. The molecule has 0 saturated carbocycles. The van der Waals surface area contributed by atoms with Crippen molar-refractivity contribution in [2.45, 2.75) is 12.8 Å². The van der Waals surface area contributed by atoms with Crippen LogP contribution in [-0.4, -0.2) is 32.6 Å². The number of rotatable bonds is 8. The lowest BCUT2D eigenvalue weighted by Crippen LogP contribution is -2.29. The Morgan fingerprint density at radius 1 is 0.963 bits per heavy atom. The molecule has 8 heteroatoms. The highest BCUT2D eigenvalue weighted by molar-refractivity contribution is 6.03. The standard InChI is InChI=1S/C19H20F2N2O4/c1-26-16-6-3-12(9-17(16)27-2)7-8-22-18(24)11-19(25)23-15-5-4-13(20)10-14(15)21/h3-6,9-10H,7-8,11H2,1-2H3,(H,22,24)(H,23,25). The maximum atomic E-state index is 13.5. The van der Waals surface area contributed by atoms with Gasteiger partial charge in [0.05, 0.1) is 19.9 Å². The van der Waals surface area contributed by atoms with E-state index in [1.807, 2.05) is 6.07 Å². The van der Waals surface area contributed by atoms with Crippen LogP contribution in [0.25, 0.3) is 0 Å². The van der Waals surface area contributed by atoms with Crippen molar-refractivity contribution in [1.82, 2.24) is 5.32 Å². The number of carbonyl (C=O) groups is 2. The summed E-state index contributed by atoms with van der Waals surface area (Å²) in [7, 11) is 3.08. The molecule has 2 amide bonds. The number of methoxy groups -OCH3 is 2. The van der Waals surface area contributed by atoms with Gasteiger partial charge in [-0.2, -0.15) is 0 Å². The fraction of sp³-hybridized carbons (Fsp3) is 0.263. The van der Waals surface area contributed by atoms with Gasteiger partial charge in [0.2, 0.25) is 11.8 Å². The summed E-state index contributed by atoms with van der Waals surface area (Å²) < 4.78 is 36.7. The van der Waals surface area contributed by atoms with Crippen LogP contribution in [0.5, 0.6) is 11.5 Å². The van der Waals surface area contributed by atoms with Gasteiger partial charge in [-0.3, -0.25) is 9.59 Å². The minimum atomic E-state index is -0.905. The van der Waals surface area contributed by atoms with Gasteiger partial charge in [0.15, 0.2) is 11.5 Å². The van der Waals surface area contributed by atoms with E-state index in [2.05, 4.69) is 10.6 Å². The summed E-state index contributed by atoms with van der Waals surface area (Å²) in [4.78, 5) is 23.6. The van der Waals surface area contributed by atoms with E-state index in [1.165, 1.54) is 7.11 Å². The van der Waals surface area contributed by atoms with Gasteiger partial charge in [-0.25, -0.2) is 8.78 Å². The molecule has 0 radical (unpaired) electrons. The largest absolute Gasteiger partial charge is 0.493 e. The average molecular weight is 378 g/mol. The second-order valence-corrected chi connectivity index (χ2v) is 5.64. The average Bonchev–Trinajstić information content (AvgIpc) is 2.63. The molecule has 0 unspecified atom stereocenters. The highest BCUT2D eigenvalue weighted by atomic mass is 19.1. The highest BCUT2D eigenvalue weighted by Crippen LogP contribution is 2.27. The van der Waals surface area contributed by atoms with Gasteiger partial charge >= 0.3 is 0 Å². The van der Waals surface area contributed by atoms with Gasteiger partial charge in [-0.1, -0.05) is 6.07 Å². The fourth-order valence-corrected chi connectivity index (χ4v) is 2.38. The van der Waals surface area contributed by atoms with Crippen LogP contribution in [-0.2, 0) is 16.0 Å². The van der Waals surface area contributed by atoms with Crippen molar-refractivity contribution >= 4 is 17.5 Å². The first kappa shape index (κ1) is 20.2. The second-order valence-electron chi connectivity index (χ2n) is 5.64. The molecule has 144 valence electrons. The highest BCUT2D eigenvalue weighted by Gasteiger charge is 2.12. The summed E-state index contributed by atoms with van der Waals surface area (Å²) in [6.07, 6.45) is 0.0586. The number of amides is 2. The van der Waals surface area contributed by atoms with Crippen LogP contribution < -0.4 is 20.1 Å². The third-order valence-electron chi connectivity index (χ3n) is 3.71. The van der Waals surface area contributed by atoms with Crippen LogP contribution >= 0.6 is 0 Å². The Morgan fingerprint density at radius 3 is 2.37 bits per heavy atom. The Morgan fingerprint density at radius 2 is 1.70 bits per heavy atom. The number of carbonyl (C=O) groups excluding carboxylic acids is 2. The van der Waals surface area contributed by atoms with Crippen LogP contribution in [0.4, 0.5) is 14.5 Å². The molecule has 2 N–H and O–H groups in total. The summed E-state index contributed by atoms with van der Waals surface area (Å²) in [6, 6.07) is 8.17. The third-order valence-corrected chi connectivity index (χ3v) is 3.71. The minimum Gasteiger partial charge on any atom is -0.493 e.